The van der Waals surface area contributed by atoms with Gasteiger partial charge in [0.05, 0.1) is 0 Å². The van der Waals surface area contributed by atoms with Crippen LogP contribution in [-0.4, -0.2) is 16.0 Å². The van der Waals surface area contributed by atoms with E-state index >= 15 is 0 Å². The molecule has 30 heavy (non-hydrogen) atoms. The van der Waals surface area contributed by atoms with Crippen LogP contribution in [0.1, 0.15) is 21.8 Å². The number of thiocarbonyl (C=S) groups is 1. The third kappa shape index (κ3) is 5.05. The first-order chi connectivity index (χ1) is 14.5. The molecule has 0 spiro atoms. The number of amides is 1. The number of rotatable bonds is 4. The number of aromatic nitrogens is 1. The van der Waals surface area contributed by atoms with Crippen LogP contribution in [0.5, 0.6) is 0 Å². The largest absolute Gasteiger partial charge is 0.440 e. The summed E-state index contributed by atoms with van der Waals surface area (Å²) in [5.41, 5.74) is 3.77. The van der Waals surface area contributed by atoms with E-state index in [1.807, 2.05) is 30.3 Å². The topological polar surface area (TPSA) is 67.2 Å². The van der Waals surface area contributed by atoms with Crippen molar-refractivity contribution >= 4 is 67.6 Å². The van der Waals surface area contributed by atoms with Crippen molar-refractivity contribution in [2.45, 2.75) is 6.42 Å². The van der Waals surface area contributed by atoms with Crippen molar-refractivity contribution < 1.29 is 9.21 Å². The smallest absolute Gasteiger partial charge is 0.257 e. The van der Waals surface area contributed by atoms with E-state index in [1.165, 1.54) is 0 Å². The molecule has 1 amide bonds. The molecular weight excluding hydrogens is 486 g/mol. The highest BCUT2D eigenvalue weighted by atomic mass is 79.9. The first-order valence-corrected chi connectivity index (χ1v) is 10.6. The molecular formula is C22H15BrClN3O2S. The highest BCUT2D eigenvalue weighted by molar-refractivity contribution is 9.10. The first kappa shape index (κ1) is 20.5. The average Bonchev–Trinajstić information content (AvgIpc) is 3.11. The Morgan fingerprint density at radius 3 is 2.53 bits per heavy atom. The van der Waals surface area contributed by atoms with Crippen LogP contribution >= 0.6 is 39.7 Å². The van der Waals surface area contributed by atoms with Gasteiger partial charge in [0.15, 0.2) is 16.6 Å². The monoisotopic (exact) mass is 499 g/mol. The van der Waals surface area contributed by atoms with Gasteiger partial charge in [-0.1, -0.05) is 39.7 Å². The zero-order valence-corrected chi connectivity index (χ0v) is 18.6. The molecule has 4 rings (SSSR count). The number of halogens is 2. The molecule has 0 bridgehead atoms. The van der Waals surface area contributed by atoms with Crippen molar-refractivity contribution in [2.75, 3.05) is 5.32 Å². The minimum atomic E-state index is -0.271. The SMILES string of the molecule is O=C(NC(=S)Nc1ccc(Cc2nc3cc(Cl)ccc3o2)cc1)c1ccc(Br)cc1. The van der Waals surface area contributed by atoms with Crippen molar-refractivity contribution in [3.05, 3.63) is 93.2 Å². The molecule has 150 valence electrons. The third-order valence-corrected chi connectivity index (χ3v) is 5.26. The third-order valence-electron chi connectivity index (χ3n) is 4.29. The van der Waals surface area contributed by atoms with E-state index in [9.17, 15) is 4.79 Å². The summed E-state index contributed by atoms with van der Waals surface area (Å²) in [7, 11) is 0. The summed E-state index contributed by atoms with van der Waals surface area (Å²) in [5.74, 6) is 0.345. The van der Waals surface area contributed by atoms with Crippen LogP contribution in [0.2, 0.25) is 5.02 Å². The highest BCUT2D eigenvalue weighted by Crippen LogP contribution is 2.22. The van der Waals surface area contributed by atoms with E-state index in [4.69, 9.17) is 28.2 Å². The predicted octanol–water partition coefficient (Wildman–Crippen LogP) is 5.96. The fourth-order valence-electron chi connectivity index (χ4n) is 2.84. The lowest BCUT2D eigenvalue weighted by atomic mass is 10.1. The Morgan fingerprint density at radius 2 is 1.80 bits per heavy atom. The molecule has 0 aliphatic heterocycles. The highest BCUT2D eigenvalue weighted by Gasteiger charge is 2.09. The van der Waals surface area contributed by atoms with Crippen LogP contribution in [0.4, 0.5) is 5.69 Å². The normalized spacial score (nSPS) is 10.7. The molecule has 0 aliphatic carbocycles. The number of anilines is 1. The second-order valence-electron chi connectivity index (χ2n) is 6.51. The number of carbonyl (C=O) groups excluding carboxylic acids is 1. The van der Waals surface area contributed by atoms with Crippen LogP contribution < -0.4 is 10.6 Å². The molecule has 8 heteroatoms. The second-order valence-corrected chi connectivity index (χ2v) is 8.27. The molecule has 0 radical (unpaired) electrons. The second kappa shape index (κ2) is 8.95. The van der Waals surface area contributed by atoms with Crippen molar-refractivity contribution in [1.29, 1.82) is 0 Å². The van der Waals surface area contributed by atoms with E-state index in [0.29, 0.717) is 28.5 Å². The Hall–Kier alpha value is -2.74. The lowest BCUT2D eigenvalue weighted by Gasteiger charge is -2.10. The predicted molar refractivity (Wildman–Crippen MR) is 126 cm³/mol. The van der Waals surface area contributed by atoms with E-state index in [-0.39, 0.29) is 11.0 Å². The van der Waals surface area contributed by atoms with E-state index in [0.717, 1.165) is 21.2 Å². The summed E-state index contributed by atoms with van der Waals surface area (Å²) in [4.78, 5) is 16.7. The molecule has 3 aromatic carbocycles. The van der Waals surface area contributed by atoms with E-state index in [2.05, 4.69) is 31.5 Å². The molecule has 2 N–H and O–H groups in total. The summed E-state index contributed by atoms with van der Waals surface area (Å²) < 4.78 is 6.66. The average molecular weight is 501 g/mol. The van der Waals surface area contributed by atoms with Crippen LogP contribution in [-0.2, 0) is 6.42 Å². The molecule has 0 atom stereocenters. The fraction of sp³-hybridized carbons (Fsp3) is 0.0455. The Bertz CT molecular complexity index is 1220. The standard InChI is InChI=1S/C22H15BrClN3O2S/c23-15-5-3-14(4-6-15)21(28)27-22(30)25-17-8-1-13(2-9-17)11-20-26-18-12-16(24)7-10-19(18)29-20/h1-10,12H,11H2,(H2,25,27,28,30). The maximum Gasteiger partial charge on any atom is 0.257 e. The van der Waals surface area contributed by atoms with Gasteiger partial charge in [-0.3, -0.25) is 10.1 Å². The molecule has 0 unspecified atom stereocenters. The minimum Gasteiger partial charge on any atom is -0.440 e. The molecule has 5 nitrogen and oxygen atoms in total. The van der Waals surface area contributed by atoms with Gasteiger partial charge in [0, 0.05) is 27.2 Å². The summed E-state index contributed by atoms with van der Waals surface area (Å²) in [5, 5.41) is 6.53. The Balaban J connectivity index is 1.36. The molecule has 4 aromatic rings. The van der Waals surface area contributed by atoms with E-state index in [1.54, 1.807) is 36.4 Å². The number of carbonyl (C=O) groups is 1. The van der Waals surface area contributed by atoms with Gasteiger partial charge < -0.3 is 9.73 Å². The zero-order chi connectivity index (χ0) is 21.1. The maximum atomic E-state index is 12.2. The van der Waals surface area contributed by atoms with Crippen LogP contribution in [0.3, 0.4) is 0 Å². The number of nitrogens with one attached hydrogen (secondary N) is 2. The quantitative estimate of drug-likeness (QED) is 0.338. The van der Waals surface area contributed by atoms with Gasteiger partial charge in [0.2, 0.25) is 0 Å². The molecule has 0 saturated heterocycles. The van der Waals surface area contributed by atoms with Gasteiger partial charge in [-0.2, -0.15) is 0 Å². The van der Waals surface area contributed by atoms with E-state index < -0.39 is 0 Å². The fourth-order valence-corrected chi connectivity index (χ4v) is 3.48. The summed E-state index contributed by atoms with van der Waals surface area (Å²) in [6, 6.07) is 20.1. The lowest BCUT2D eigenvalue weighted by molar-refractivity contribution is 0.0977. The summed E-state index contributed by atoms with van der Waals surface area (Å²) >= 11 is 14.6. The number of benzene rings is 3. The summed E-state index contributed by atoms with van der Waals surface area (Å²) in [6.45, 7) is 0. The van der Waals surface area contributed by atoms with Gasteiger partial charge in [-0.15, -0.1) is 0 Å². The Labute approximate surface area is 191 Å². The lowest BCUT2D eigenvalue weighted by Crippen LogP contribution is -2.34. The van der Waals surface area contributed by atoms with Gasteiger partial charge >= 0.3 is 0 Å². The molecule has 1 aromatic heterocycles. The summed E-state index contributed by atoms with van der Waals surface area (Å²) in [6.07, 6.45) is 0.553. The van der Waals surface area contributed by atoms with Crippen LogP contribution in [0, 0.1) is 0 Å². The number of oxazole rings is 1. The van der Waals surface area contributed by atoms with Crippen molar-refractivity contribution in [2.24, 2.45) is 0 Å². The number of hydrogen-bond donors (Lipinski definition) is 2. The van der Waals surface area contributed by atoms with Gasteiger partial charge in [0.1, 0.15) is 5.52 Å². The van der Waals surface area contributed by atoms with Crippen molar-refractivity contribution in [3.63, 3.8) is 0 Å². The zero-order valence-electron chi connectivity index (χ0n) is 15.5. The molecule has 0 aliphatic rings. The number of hydrogen-bond acceptors (Lipinski definition) is 4. The maximum absolute atomic E-state index is 12.2. The Kier molecular flexibility index (Phi) is 6.13. The van der Waals surface area contributed by atoms with Crippen LogP contribution in [0.15, 0.2) is 75.6 Å². The Morgan fingerprint density at radius 1 is 1.07 bits per heavy atom. The van der Waals surface area contributed by atoms with Gasteiger partial charge in [-0.05, 0) is 72.4 Å². The van der Waals surface area contributed by atoms with Crippen LogP contribution in [0.25, 0.3) is 11.1 Å². The minimum absolute atomic E-state index is 0.228. The van der Waals surface area contributed by atoms with Gasteiger partial charge in [-0.25, -0.2) is 4.98 Å². The van der Waals surface area contributed by atoms with Crippen molar-refractivity contribution in [1.82, 2.24) is 10.3 Å². The number of nitrogens with zero attached hydrogens (tertiary/aromatic N) is 1. The number of fused-ring (bicyclic) bond motifs is 1. The molecule has 0 fully saturated rings. The van der Waals surface area contributed by atoms with Crippen molar-refractivity contribution in [3.8, 4) is 0 Å². The first-order valence-electron chi connectivity index (χ1n) is 8.98. The van der Waals surface area contributed by atoms with Gasteiger partial charge in [0.25, 0.3) is 5.91 Å². The molecule has 1 heterocycles. The molecule has 0 saturated carbocycles.